The second-order valence-corrected chi connectivity index (χ2v) is 5.46. The monoisotopic (exact) mass is 235 g/mol. The van der Waals surface area contributed by atoms with Gasteiger partial charge in [-0.15, -0.1) is 0 Å². The Bertz CT molecular complexity index is 367. The molecule has 1 aliphatic rings. The maximum atomic E-state index is 5.78. The van der Waals surface area contributed by atoms with Gasteiger partial charge in [0.1, 0.15) is 17.6 Å². The minimum Gasteiger partial charge on any atom is -0.488 e. The van der Waals surface area contributed by atoms with Gasteiger partial charge in [0.15, 0.2) is 0 Å². The first-order valence-electron chi connectivity index (χ1n) is 6.12. The van der Waals surface area contributed by atoms with Gasteiger partial charge in [-0.1, -0.05) is 12.1 Å². The largest absolute Gasteiger partial charge is 0.488 e. The molecular formula is C14H21NO2. The molecule has 0 radical (unpaired) electrons. The van der Waals surface area contributed by atoms with Crippen LogP contribution in [0, 0.1) is 0 Å². The van der Waals surface area contributed by atoms with Gasteiger partial charge >= 0.3 is 0 Å². The molecule has 2 atom stereocenters. The van der Waals surface area contributed by atoms with E-state index >= 15 is 0 Å². The van der Waals surface area contributed by atoms with Crippen molar-refractivity contribution in [1.29, 1.82) is 0 Å². The third kappa shape index (κ3) is 3.45. The van der Waals surface area contributed by atoms with E-state index in [1.165, 1.54) is 5.56 Å². The minimum absolute atomic E-state index is 0.144. The van der Waals surface area contributed by atoms with Gasteiger partial charge in [-0.25, -0.2) is 0 Å². The van der Waals surface area contributed by atoms with Crippen LogP contribution in [0.25, 0.3) is 0 Å². The maximum absolute atomic E-state index is 5.78. The zero-order valence-electron chi connectivity index (χ0n) is 11.0. The molecule has 2 unspecified atom stereocenters. The number of hydrogen-bond donors (Lipinski definition) is 1. The highest BCUT2D eigenvalue weighted by atomic mass is 16.5. The van der Waals surface area contributed by atoms with E-state index in [1.54, 1.807) is 0 Å². The van der Waals surface area contributed by atoms with Gasteiger partial charge in [-0.2, -0.15) is 0 Å². The maximum Gasteiger partial charge on any atom is 0.120 e. The highest BCUT2D eigenvalue weighted by Crippen LogP contribution is 2.25. The normalized spacial score (nSPS) is 24.9. The number of nitrogens with one attached hydrogen (secondary N) is 1. The van der Waals surface area contributed by atoms with Gasteiger partial charge in [0.25, 0.3) is 0 Å². The summed E-state index contributed by atoms with van der Waals surface area (Å²) in [7, 11) is 0. The van der Waals surface area contributed by atoms with E-state index in [4.69, 9.17) is 9.47 Å². The van der Waals surface area contributed by atoms with Crippen molar-refractivity contribution >= 4 is 0 Å². The molecule has 3 nitrogen and oxygen atoms in total. The van der Waals surface area contributed by atoms with Crippen LogP contribution in [0.4, 0.5) is 0 Å². The topological polar surface area (TPSA) is 30.5 Å². The van der Waals surface area contributed by atoms with Crippen LogP contribution in [0.15, 0.2) is 24.3 Å². The number of ether oxygens (including phenoxy) is 2. The first-order chi connectivity index (χ1) is 7.94. The molecule has 1 aromatic rings. The molecule has 0 amide bonds. The molecule has 0 aliphatic carbocycles. The van der Waals surface area contributed by atoms with E-state index in [1.807, 2.05) is 39.8 Å². The Kier molecular flexibility index (Phi) is 3.40. The number of rotatable bonds is 2. The summed E-state index contributed by atoms with van der Waals surface area (Å²) in [6.45, 7) is 9.05. The molecule has 94 valence electrons. The third-order valence-corrected chi connectivity index (χ3v) is 2.64. The van der Waals surface area contributed by atoms with Crippen molar-refractivity contribution in [3.05, 3.63) is 29.8 Å². The van der Waals surface area contributed by atoms with Crippen LogP contribution >= 0.6 is 0 Å². The average Bonchev–Trinajstić information content (AvgIpc) is 2.63. The van der Waals surface area contributed by atoms with Crippen molar-refractivity contribution in [2.45, 2.75) is 45.6 Å². The average molecular weight is 235 g/mol. The molecule has 1 heterocycles. The lowest BCUT2D eigenvalue weighted by atomic mass is 10.1. The van der Waals surface area contributed by atoms with Crippen LogP contribution in [0.3, 0.4) is 0 Å². The SMILES string of the molecule is CC1NCC(c2ccc(OC(C)(C)C)cc2)O1. The van der Waals surface area contributed by atoms with Crippen molar-refractivity contribution in [2.75, 3.05) is 6.54 Å². The smallest absolute Gasteiger partial charge is 0.120 e. The highest BCUT2D eigenvalue weighted by molar-refractivity contribution is 5.29. The van der Waals surface area contributed by atoms with E-state index in [0.717, 1.165) is 12.3 Å². The van der Waals surface area contributed by atoms with Crippen molar-refractivity contribution in [1.82, 2.24) is 5.32 Å². The highest BCUT2D eigenvalue weighted by Gasteiger charge is 2.22. The number of hydrogen-bond acceptors (Lipinski definition) is 3. The number of benzene rings is 1. The zero-order valence-corrected chi connectivity index (χ0v) is 11.0. The third-order valence-electron chi connectivity index (χ3n) is 2.64. The van der Waals surface area contributed by atoms with Gasteiger partial charge in [0.05, 0.1) is 6.10 Å². The summed E-state index contributed by atoms with van der Waals surface area (Å²) < 4.78 is 11.5. The van der Waals surface area contributed by atoms with Crippen molar-refractivity contribution < 1.29 is 9.47 Å². The Morgan fingerprint density at radius 1 is 1.24 bits per heavy atom. The standard InChI is InChI=1S/C14H21NO2/c1-10-15-9-13(16-10)11-5-7-12(8-6-11)17-14(2,3)4/h5-8,10,13,15H,9H2,1-4H3. The Morgan fingerprint density at radius 2 is 1.88 bits per heavy atom. The molecule has 0 bridgehead atoms. The van der Waals surface area contributed by atoms with Gasteiger partial charge in [0, 0.05) is 6.54 Å². The zero-order chi connectivity index (χ0) is 12.5. The molecule has 0 saturated carbocycles. The minimum atomic E-state index is -0.151. The second-order valence-electron chi connectivity index (χ2n) is 5.46. The lowest BCUT2D eigenvalue weighted by Crippen LogP contribution is -2.22. The molecule has 1 aromatic carbocycles. The van der Waals surface area contributed by atoms with Crippen LogP contribution in [0.5, 0.6) is 5.75 Å². The van der Waals surface area contributed by atoms with Crippen LogP contribution < -0.4 is 10.1 Å². The Morgan fingerprint density at radius 3 is 2.35 bits per heavy atom. The molecule has 0 spiro atoms. The Hall–Kier alpha value is -1.06. The second kappa shape index (κ2) is 4.67. The first kappa shape index (κ1) is 12.4. The molecule has 1 fully saturated rings. The summed E-state index contributed by atoms with van der Waals surface area (Å²) >= 11 is 0. The Balaban J connectivity index is 2.03. The van der Waals surface area contributed by atoms with Crippen LogP contribution in [-0.4, -0.2) is 18.4 Å². The lowest BCUT2D eigenvalue weighted by Gasteiger charge is -2.21. The predicted octanol–water partition coefficient (Wildman–Crippen LogP) is 2.87. The fraction of sp³-hybridized carbons (Fsp3) is 0.571. The Labute approximate surface area is 103 Å². The molecule has 3 heteroatoms. The van der Waals surface area contributed by atoms with Crippen molar-refractivity contribution in [3.63, 3.8) is 0 Å². The molecule has 1 aliphatic heterocycles. The summed E-state index contributed by atoms with van der Waals surface area (Å²) in [5.41, 5.74) is 1.05. The lowest BCUT2D eigenvalue weighted by molar-refractivity contribution is 0.0528. The molecule has 0 aromatic heterocycles. The first-order valence-corrected chi connectivity index (χ1v) is 6.12. The van der Waals surface area contributed by atoms with Gasteiger partial charge in [-0.3, -0.25) is 5.32 Å². The van der Waals surface area contributed by atoms with E-state index < -0.39 is 0 Å². The predicted molar refractivity (Wildman–Crippen MR) is 68.1 cm³/mol. The van der Waals surface area contributed by atoms with Gasteiger partial charge in [0.2, 0.25) is 0 Å². The molecular weight excluding hydrogens is 214 g/mol. The van der Waals surface area contributed by atoms with E-state index in [-0.39, 0.29) is 17.9 Å². The molecule has 1 N–H and O–H groups in total. The van der Waals surface area contributed by atoms with Gasteiger partial charge < -0.3 is 9.47 Å². The summed E-state index contributed by atoms with van der Waals surface area (Å²) in [5, 5.41) is 3.27. The van der Waals surface area contributed by atoms with Crippen LogP contribution in [0.2, 0.25) is 0 Å². The van der Waals surface area contributed by atoms with Crippen molar-refractivity contribution in [2.24, 2.45) is 0 Å². The summed E-state index contributed by atoms with van der Waals surface area (Å²) in [4.78, 5) is 0. The van der Waals surface area contributed by atoms with Crippen molar-refractivity contribution in [3.8, 4) is 5.75 Å². The van der Waals surface area contributed by atoms with Gasteiger partial charge in [-0.05, 0) is 45.4 Å². The van der Waals surface area contributed by atoms with Crippen LogP contribution in [0.1, 0.15) is 39.4 Å². The quantitative estimate of drug-likeness (QED) is 0.855. The van der Waals surface area contributed by atoms with E-state index in [9.17, 15) is 0 Å². The summed E-state index contributed by atoms with van der Waals surface area (Å²) in [5.74, 6) is 0.903. The molecule has 2 rings (SSSR count). The summed E-state index contributed by atoms with van der Waals surface area (Å²) in [6.07, 6.45) is 0.305. The fourth-order valence-electron chi connectivity index (χ4n) is 1.92. The van der Waals surface area contributed by atoms with E-state index in [2.05, 4.69) is 17.4 Å². The fourth-order valence-corrected chi connectivity index (χ4v) is 1.92. The molecule has 17 heavy (non-hydrogen) atoms. The molecule has 1 saturated heterocycles. The van der Waals surface area contributed by atoms with Crippen LogP contribution in [-0.2, 0) is 4.74 Å². The van der Waals surface area contributed by atoms with E-state index in [0.29, 0.717) is 0 Å². The summed E-state index contributed by atoms with van der Waals surface area (Å²) in [6, 6.07) is 8.16.